The van der Waals surface area contributed by atoms with Gasteiger partial charge in [-0.1, -0.05) is 48.5 Å². The van der Waals surface area contributed by atoms with Crippen LogP contribution >= 0.6 is 0 Å². The van der Waals surface area contributed by atoms with Crippen LogP contribution in [0.3, 0.4) is 0 Å². The van der Waals surface area contributed by atoms with E-state index in [0.29, 0.717) is 22.1 Å². The molecule has 0 saturated carbocycles. The summed E-state index contributed by atoms with van der Waals surface area (Å²) in [4.78, 5) is 24.2. The molecule has 0 radical (unpaired) electrons. The fourth-order valence-electron chi connectivity index (χ4n) is 2.61. The molecule has 0 aliphatic carbocycles. The Hall–Kier alpha value is -3.08. The highest BCUT2D eigenvalue weighted by molar-refractivity contribution is 6.06. The van der Waals surface area contributed by atoms with E-state index in [0.717, 1.165) is 0 Å². The number of carboxylic acids is 1. The summed E-state index contributed by atoms with van der Waals surface area (Å²) < 4.78 is 5.36. The Kier molecular flexibility index (Phi) is 4.08. The molecule has 3 rings (SSSR count). The summed E-state index contributed by atoms with van der Waals surface area (Å²) in [6, 6.07) is 16.1. The summed E-state index contributed by atoms with van der Waals surface area (Å²) >= 11 is 0. The number of amides is 1. The number of para-hydroxylation sites is 1. The van der Waals surface area contributed by atoms with Gasteiger partial charge >= 0.3 is 5.97 Å². The maximum absolute atomic E-state index is 12.5. The van der Waals surface area contributed by atoms with Crippen LogP contribution in [-0.2, 0) is 10.2 Å². The highest BCUT2D eigenvalue weighted by Gasteiger charge is 2.35. The van der Waals surface area contributed by atoms with E-state index in [2.05, 4.69) is 5.32 Å². The lowest BCUT2D eigenvalue weighted by Gasteiger charge is -2.25. The maximum atomic E-state index is 12.5. The Morgan fingerprint density at radius 3 is 2.46 bits per heavy atom. The normalized spacial score (nSPS) is 13.4. The fraction of sp³-hybridized carbons (Fsp3) is 0.158. The molecular weight excluding hydrogens is 306 g/mol. The molecule has 1 amide bonds. The molecule has 2 N–H and O–H groups in total. The summed E-state index contributed by atoms with van der Waals surface area (Å²) in [5.74, 6) is -1.35. The van der Waals surface area contributed by atoms with Crippen molar-refractivity contribution in [3.63, 3.8) is 0 Å². The standard InChI is InChI=1S/C19H17NO4/c1-19(18(22)23,13-7-3-2-4-8-13)12-20-17(21)15-11-24-16-10-6-5-9-14(15)16/h2-11H,12H2,1H3,(H,20,21)(H,22,23). The molecule has 24 heavy (non-hydrogen) atoms. The molecule has 2 aromatic carbocycles. The number of furan rings is 1. The van der Waals surface area contributed by atoms with Gasteiger partial charge in [-0.3, -0.25) is 9.59 Å². The van der Waals surface area contributed by atoms with E-state index < -0.39 is 11.4 Å². The van der Waals surface area contributed by atoms with Gasteiger partial charge in [-0.2, -0.15) is 0 Å². The van der Waals surface area contributed by atoms with Crippen molar-refractivity contribution in [2.45, 2.75) is 12.3 Å². The van der Waals surface area contributed by atoms with E-state index >= 15 is 0 Å². The summed E-state index contributed by atoms with van der Waals surface area (Å²) in [6.45, 7) is 1.57. The van der Waals surface area contributed by atoms with Crippen molar-refractivity contribution in [3.8, 4) is 0 Å². The Morgan fingerprint density at radius 2 is 1.75 bits per heavy atom. The van der Waals surface area contributed by atoms with Crippen molar-refractivity contribution >= 4 is 22.8 Å². The maximum Gasteiger partial charge on any atom is 0.315 e. The van der Waals surface area contributed by atoms with Crippen molar-refractivity contribution in [1.82, 2.24) is 5.32 Å². The van der Waals surface area contributed by atoms with E-state index in [4.69, 9.17) is 4.42 Å². The lowest BCUT2D eigenvalue weighted by Crippen LogP contribution is -2.44. The fourth-order valence-corrected chi connectivity index (χ4v) is 2.61. The van der Waals surface area contributed by atoms with Crippen molar-refractivity contribution in [3.05, 3.63) is 72.0 Å². The van der Waals surface area contributed by atoms with Gasteiger partial charge in [-0.15, -0.1) is 0 Å². The monoisotopic (exact) mass is 323 g/mol. The molecule has 1 unspecified atom stereocenters. The number of benzene rings is 2. The topological polar surface area (TPSA) is 79.5 Å². The van der Waals surface area contributed by atoms with Crippen LogP contribution in [0.25, 0.3) is 11.0 Å². The molecule has 0 fully saturated rings. The Balaban J connectivity index is 1.83. The van der Waals surface area contributed by atoms with E-state index in [1.165, 1.54) is 6.26 Å². The van der Waals surface area contributed by atoms with Crippen LogP contribution in [0.15, 0.2) is 65.3 Å². The minimum absolute atomic E-state index is 0.0231. The minimum Gasteiger partial charge on any atom is -0.481 e. The second-order valence-corrected chi connectivity index (χ2v) is 5.83. The molecule has 3 aromatic rings. The lowest BCUT2D eigenvalue weighted by atomic mass is 9.82. The molecule has 1 aromatic heterocycles. The average Bonchev–Trinajstić information content (AvgIpc) is 3.04. The molecule has 0 aliphatic heterocycles. The zero-order valence-electron chi connectivity index (χ0n) is 13.2. The van der Waals surface area contributed by atoms with Gasteiger partial charge in [0.05, 0.1) is 5.56 Å². The molecule has 122 valence electrons. The second-order valence-electron chi connectivity index (χ2n) is 5.83. The molecule has 0 saturated heterocycles. The van der Waals surface area contributed by atoms with Crippen LogP contribution in [0.4, 0.5) is 0 Å². The van der Waals surface area contributed by atoms with Crippen LogP contribution in [0.5, 0.6) is 0 Å². The molecule has 0 spiro atoms. The Labute approximate surface area is 138 Å². The van der Waals surface area contributed by atoms with Crippen molar-refractivity contribution < 1.29 is 19.1 Å². The number of carbonyl (C=O) groups is 2. The van der Waals surface area contributed by atoms with E-state index in [1.807, 2.05) is 18.2 Å². The molecule has 5 nitrogen and oxygen atoms in total. The minimum atomic E-state index is -1.21. The number of carbonyl (C=O) groups excluding carboxylic acids is 1. The first-order chi connectivity index (χ1) is 11.5. The molecule has 5 heteroatoms. The first-order valence-corrected chi connectivity index (χ1v) is 7.56. The summed E-state index contributed by atoms with van der Waals surface area (Å²) in [5.41, 5.74) is 0.434. The van der Waals surface area contributed by atoms with Gasteiger partial charge in [0.15, 0.2) is 0 Å². The van der Waals surface area contributed by atoms with Gasteiger partial charge in [0.25, 0.3) is 5.91 Å². The third-order valence-electron chi connectivity index (χ3n) is 4.21. The van der Waals surface area contributed by atoms with Crippen LogP contribution < -0.4 is 5.32 Å². The SMILES string of the molecule is CC(CNC(=O)c1coc2ccccc12)(C(=O)O)c1ccccc1. The van der Waals surface area contributed by atoms with Gasteiger partial charge in [0.1, 0.15) is 17.3 Å². The van der Waals surface area contributed by atoms with E-state index in [9.17, 15) is 14.7 Å². The largest absolute Gasteiger partial charge is 0.481 e. The van der Waals surface area contributed by atoms with Gasteiger partial charge in [0.2, 0.25) is 0 Å². The molecule has 1 heterocycles. The van der Waals surface area contributed by atoms with Crippen LogP contribution in [0.2, 0.25) is 0 Å². The predicted molar refractivity (Wildman–Crippen MR) is 90.0 cm³/mol. The van der Waals surface area contributed by atoms with E-state index in [1.54, 1.807) is 43.3 Å². The molecular formula is C19H17NO4. The van der Waals surface area contributed by atoms with Gasteiger partial charge in [-0.05, 0) is 18.6 Å². The van der Waals surface area contributed by atoms with Crippen molar-refractivity contribution in [2.24, 2.45) is 0 Å². The zero-order valence-corrected chi connectivity index (χ0v) is 13.2. The van der Waals surface area contributed by atoms with Crippen LogP contribution in [0, 0.1) is 0 Å². The summed E-state index contributed by atoms with van der Waals surface area (Å²) in [7, 11) is 0. The number of hydrogen-bond acceptors (Lipinski definition) is 3. The predicted octanol–water partition coefficient (Wildman–Crippen LogP) is 3.21. The summed E-state index contributed by atoms with van der Waals surface area (Å²) in [6.07, 6.45) is 1.39. The highest BCUT2D eigenvalue weighted by Crippen LogP contribution is 2.24. The number of nitrogens with one attached hydrogen (secondary N) is 1. The smallest absolute Gasteiger partial charge is 0.315 e. The lowest BCUT2D eigenvalue weighted by molar-refractivity contribution is -0.142. The van der Waals surface area contributed by atoms with Crippen LogP contribution in [-0.4, -0.2) is 23.5 Å². The molecule has 1 atom stereocenters. The third kappa shape index (κ3) is 2.76. The van der Waals surface area contributed by atoms with Crippen molar-refractivity contribution in [2.75, 3.05) is 6.54 Å². The second kappa shape index (κ2) is 6.20. The number of fused-ring (bicyclic) bond motifs is 1. The summed E-state index contributed by atoms with van der Waals surface area (Å²) in [5, 5.41) is 13.0. The van der Waals surface area contributed by atoms with Crippen LogP contribution in [0.1, 0.15) is 22.8 Å². The quantitative estimate of drug-likeness (QED) is 0.755. The zero-order chi connectivity index (χ0) is 17.2. The van der Waals surface area contributed by atoms with Gasteiger partial charge in [-0.25, -0.2) is 0 Å². The first-order valence-electron chi connectivity index (χ1n) is 7.56. The third-order valence-corrected chi connectivity index (χ3v) is 4.21. The Morgan fingerprint density at radius 1 is 1.08 bits per heavy atom. The van der Waals surface area contributed by atoms with Gasteiger partial charge in [0, 0.05) is 11.9 Å². The number of carboxylic acid groups (broad SMARTS) is 1. The first kappa shape index (κ1) is 15.8. The van der Waals surface area contributed by atoms with Gasteiger partial charge < -0.3 is 14.8 Å². The Bertz CT molecular complexity index is 885. The average molecular weight is 323 g/mol. The highest BCUT2D eigenvalue weighted by atomic mass is 16.4. The van der Waals surface area contributed by atoms with Crippen molar-refractivity contribution in [1.29, 1.82) is 0 Å². The molecule has 0 aliphatic rings. The number of hydrogen-bond donors (Lipinski definition) is 2. The molecule has 0 bridgehead atoms. The number of aliphatic carboxylic acids is 1. The number of rotatable bonds is 5. The van der Waals surface area contributed by atoms with E-state index in [-0.39, 0.29) is 12.5 Å².